The standard InChI is InChI=1S/C12H12O2/c1-12-9(7-11(13)14-12)6-8-4-2-3-5-10(8)12/h2-5,9H,6-7H2,1H3/t9-,12+/m1/s1. The van der Waals surface area contributed by atoms with E-state index in [4.69, 9.17) is 4.74 Å². The minimum Gasteiger partial charge on any atom is -0.454 e. The highest BCUT2D eigenvalue weighted by atomic mass is 16.6. The highest BCUT2D eigenvalue weighted by Crippen LogP contribution is 2.49. The van der Waals surface area contributed by atoms with E-state index >= 15 is 0 Å². The van der Waals surface area contributed by atoms with Crippen LogP contribution in [-0.4, -0.2) is 5.97 Å². The van der Waals surface area contributed by atoms with Gasteiger partial charge in [-0.3, -0.25) is 4.79 Å². The van der Waals surface area contributed by atoms with Crippen LogP contribution >= 0.6 is 0 Å². The van der Waals surface area contributed by atoms with Crippen molar-refractivity contribution in [3.8, 4) is 0 Å². The van der Waals surface area contributed by atoms with E-state index in [9.17, 15) is 4.79 Å². The van der Waals surface area contributed by atoms with E-state index in [-0.39, 0.29) is 11.6 Å². The molecule has 3 rings (SSSR count). The molecule has 0 bridgehead atoms. The van der Waals surface area contributed by atoms with Crippen LogP contribution in [0.25, 0.3) is 0 Å². The van der Waals surface area contributed by atoms with Crippen LogP contribution in [0.4, 0.5) is 0 Å². The van der Waals surface area contributed by atoms with Crippen LogP contribution in [-0.2, 0) is 21.6 Å². The van der Waals surface area contributed by atoms with Gasteiger partial charge >= 0.3 is 5.97 Å². The van der Waals surface area contributed by atoms with E-state index in [0.717, 1.165) is 6.42 Å². The van der Waals surface area contributed by atoms with Gasteiger partial charge in [0, 0.05) is 5.92 Å². The first-order valence-electron chi connectivity index (χ1n) is 5.00. The van der Waals surface area contributed by atoms with Crippen molar-refractivity contribution in [3.63, 3.8) is 0 Å². The highest BCUT2D eigenvalue weighted by molar-refractivity contribution is 5.74. The van der Waals surface area contributed by atoms with Crippen LogP contribution in [0.15, 0.2) is 24.3 Å². The second-order valence-electron chi connectivity index (χ2n) is 4.34. The molecule has 1 aliphatic heterocycles. The van der Waals surface area contributed by atoms with Gasteiger partial charge in [0.25, 0.3) is 0 Å². The minimum absolute atomic E-state index is 0.0491. The lowest BCUT2D eigenvalue weighted by molar-refractivity contribution is -0.148. The molecule has 0 aromatic heterocycles. The molecule has 1 heterocycles. The number of fused-ring (bicyclic) bond motifs is 3. The van der Waals surface area contributed by atoms with Crippen LogP contribution in [0.3, 0.4) is 0 Å². The average molecular weight is 188 g/mol. The van der Waals surface area contributed by atoms with Gasteiger partial charge in [-0.1, -0.05) is 24.3 Å². The van der Waals surface area contributed by atoms with E-state index in [1.807, 2.05) is 19.1 Å². The third-order valence-corrected chi connectivity index (χ3v) is 3.54. The van der Waals surface area contributed by atoms with E-state index in [0.29, 0.717) is 12.3 Å². The Hall–Kier alpha value is -1.31. The van der Waals surface area contributed by atoms with E-state index in [1.165, 1.54) is 11.1 Å². The monoisotopic (exact) mass is 188 g/mol. The zero-order chi connectivity index (χ0) is 9.76. The summed E-state index contributed by atoms with van der Waals surface area (Å²) in [6, 6.07) is 8.27. The molecule has 0 N–H and O–H groups in total. The predicted octanol–water partition coefficient (Wildman–Crippen LogP) is 2.02. The van der Waals surface area contributed by atoms with Crippen LogP contribution in [0.1, 0.15) is 24.5 Å². The molecule has 1 saturated heterocycles. The first-order valence-corrected chi connectivity index (χ1v) is 5.00. The fourth-order valence-electron chi connectivity index (χ4n) is 2.75. The van der Waals surface area contributed by atoms with Crippen LogP contribution < -0.4 is 0 Å². The second-order valence-corrected chi connectivity index (χ2v) is 4.34. The molecular formula is C12H12O2. The number of ether oxygens (including phenoxy) is 1. The van der Waals surface area contributed by atoms with E-state index in [1.54, 1.807) is 0 Å². The van der Waals surface area contributed by atoms with Gasteiger partial charge in [-0.25, -0.2) is 0 Å². The quantitative estimate of drug-likeness (QED) is 0.582. The Bertz CT molecular complexity index is 411. The number of rotatable bonds is 0. The van der Waals surface area contributed by atoms with Crippen LogP contribution in [0.5, 0.6) is 0 Å². The Labute approximate surface area is 82.9 Å². The molecule has 2 atom stereocenters. The summed E-state index contributed by atoms with van der Waals surface area (Å²) in [5.41, 5.74) is 2.21. The van der Waals surface area contributed by atoms with Gasteiger partial charge in [0.2, 0.25) is 0 Å². The first kappa shape index (κ1) is 8.04. The van der Waals surface area contributed by atoms with Crippen LogP contribution in [0, 0.1) is 5.92 Å². The van der Waals surface area contributed by atoms with E-state index < -0.39 is 0 Å². The number of benzene rings is 1. The smallest absolute Gasteiger partial charge is 0.307 e. The first-order chi connectivity index (χ1) is 6.70. The molecule has 0 amide bonds. The van der Waals surface area contributed by atoms with Gasteiger partial charge in [0.1, 0.15) is 5.60 Å². The van der Waals surface area contributed by atoms with Crippen molar-refractivity contribution in [1.82, 2.24) is 0 Å². The summed E-state index contributed by atoms with van der Waals surface area (Å²) in [6.45, 7) is 2.04. The molecular weight excluding hydrogens is 176 g/mol. The fraction of sp³-hybridized carbons (Fsp3) is 0.417. The number of hydrogen-bond donors (Lipinski definition) is 0. The lowest BCUT2D eigenvalue weighted by Gasteiger charge is -2.23. The van der Waals surface area contributed by atoms with Crippen molar-refractivity contribution in [2.45, 2.75) is 25.4 Å². The largest absolute Gasteiger partial charge is 0.454 e. The molecule has 14 heavy (non-hydrogen) atoms. The Morgan fingerprint density at radius 2 is 2.14 bits per heavy atom. The van der Waals surface area contributed by atoms with E-state index in [2.05, 4.69) is 12.1 Å². The summed E-state index contributed by atoms with van der Waals surface area (Å²) in [4.78, 5) is 11.2. The fourth-order valence-corrected chi connectivity index (χ4v) is 2.75. The Kier molecular flexibility index (Phi) is 1.37. The number of carbonyl (C=O) groups is 1. The Balaban J connectivity index is 2.15. The van der Waals surface area contributed by atoms with Crippen molar-refractivity contribution in [1.29, 1.82) is 0 Å². The summed E-state index contributed by atoms with van der Waals surface area (Å²) in [5, 5.41) is 0. The molecule has 0 radical (unpaired) electrons. The summed E-state index contributed by atoms with van der Waals surface area (Å²) in [7, 11) is 0. The third-order valence-electron chi connectivity index (χ3n) is 3.54. The molecule has 1 aliphatic carbocycles. The topological polar surface area (TPSA) is 26.3 Å². The van der Waals surface area contributed by atoms with Gasteiger partial charge in [-0.05, 0) is 24.5 Å². The summed E-state index contributed by atoms with van der Waals surface area (Å²) >= 11 is 0. The molecule has 72 valence electrons. The number of esters is 1. The van der Waals surface area contributed by atoms with Crippen LogP contribution in [0.2, 0.25) is 0 Å². The lowest BCUT2D eigenvalue weighted by Crippen LogP contribution is -2.24. The second kappa shape index (κ2) is 2.38. The van der Waals surface area contributed by atoms with Gasteiger partial charge in [-0.15, -0.1) is 0 Å². The molecule has 2 heteroatoms. The third kappa shape index (κ3) is 0.834. The normalized spacial score (nSPS) is 33.8. The van der Waals surface area contributed by atoms with Gasteiger partial charge in [0.15, 0.2) is 0 Å². The molecule has 2 nitrogen and oxygen atoms in total. The predicted molar refractivity (Wildman–Crippen MR) is 51.7 cm³/mol. The molecule has 1 fully saturated rings. The summed E-state index contributed by atoms with van der Waals surface area (Å²) < 4.78 is 5.46. The van der Waals surface area contributed by atoms with Gasteiger partial charge < -0.3 is 4.74 Å². The molecule has 2 aliphatic rings. The van der Waals surface area contributed by atoms with Crippen molar-refractivity contribution >= 4 is 5.97 Å². The summed E-state index contributed by atoms with van der Waals surface area (Å²) in [5.74, 6) is 0.305. The van der Waals surface area contributed by atoms with Gasteiger partial charge in [-0.2, -0.15) is 0 Å². The van der Waals surface area contributed by atoms with Crippen molar-refractivity contribution in [2.75, 3.05) is 0 Å². The van der Waals surface area contributed by atoms with Gasteiger partial charge in [0.05, 0.1) is 6.42 Å². The zero-order valence-corrected chi connectivity index (χ0v) is 8.12. The summed E-state index contributed by atoms with van der Waals surface area (Å²) in [6.07, 6.45) is 1.56. The molecule has 0 spiro atoms. The Morgan fingerprint density at radius 3 is 3.00 bits per heavy atom. The maximum atomic E-state index is 11.2. The minimum atomic E-state index is -0.340. The number of hydrogen-bond acceptors (Lipinski definition) is 2. The average Bonchev–Trinajstić information content (AvgIpc) is 2.55. The van der Waals surface area contributed by atoms with Crippen molar-refractivity contribution in [2.24, 2.45) is 5.92 Å². The SMILES string of the molecule is C[C@]12OC(=O)C[C@H]1Cc1ccccc12. The number of carbonyl (C=O) groups excluding carboxylic acids is 1. The van der Waals surface area contributed by atoms with Crippen molar-refractivity contribution < 1.29 is 9.53 Å². The molecule has 0 unspecified atom stereocenters. The zero-order valence-electron chi connectivity index (χ0n) is 8.12. The highest BCUT2D eigenvalue weighted by Gasteiger charge is 2.51. The molecule has 1 aromatic carbocycles. The molecule has 0 saturated carbocycles. The van der Waals surface area contributed by atoms with Crippen molar-refractivity contribution in [3.05, 3.63) is 35.4 Å². The Morgan fingerprint density at radius 1 is 1.36 bits per heavy atom. The maximum Gasteiger partial charge on any atom is 0.307 e. The molecule has 1 aromatic rings. The maximum absolute atomic E-state index is 11.2. The lowest BCUT2D eigenvalue weighted by atomic mass is 9.90.